The Morgan fingerprint density at radius 2 is 2.00 bits per heavy atom. The second-order valence-corrected chi connectivity index (χ2v) is 6.82. The van der Waals surface area contributed by atoms with Crippen molar-refractivity contribution in [3.8, 4) is 5.75 Å². The molecule has 5 nitrogen and oxygen atoms in total. The molecule has 1 aliphatic heterocycles. The number of aliphatic hydroxyl groups excluding tert-OH is 1. The number of halogens is 1. The largest absolute Gasteiger partial charge is 0.488 e. The van der Waals surface area contributed by atoms with Gasteiger partial charge in [0.2, 0.25) is 5.91 Å². The quantitative estimate of drug-likeness (QED) is 0.771. The Balaban J connectivity index is 0.00000192. The van der Waals surface area contributed by atoms with Crippen LogP contribution in [0, 0.1) is 0 Å². The van der Waals surface area contributed by atoms with Crippen LogP contribution in [-0.2, 0) is 4.79 Å². The van der Waals surface area contributed by atoms with E-state index in [9.17, 15) is 9.90 Å². The van der Waals surface area contributed by atoms with E-state index in [1.165, 1.54) is 0 Å². The second kappa shape index (κ2) is 8.78. The first-order valence-electron chi connectivity index (χ1n) is 7.79. The number of aliphatic hydroxyl groups is 1. The van der Waals surface area contributed by atoms with Crippen molar-refractivity contribution < 1.29 is 14.6 Å². The van der Waals surface area contributed by atoms with Gasteiger partial charge in [-0.1, -0.05) is 6.42 Å². The van der Waals surface area contributed by atoms with Gasteiger partial charge in [-0.15, -0.1) is 24.2 Å². The van der Waals surface area contributed by atoms with Crippen molar-refractivity contribution in [3.63, 3.8) is 0 Å². The van der Waals surface area contributed by atoms with Crippen molar-refractivity contribution >= 4 is 35.8 Å². The van der Waals surface area contributed by atoms with E-state index in [0.717, 1.165) is 48.7 Å². The molecule has 3 N–H and O–H groups in total. The summed E-state index contributed by atoms with van der Waals surface area (Å²) in [6.45, 7) is 0. The number of ether oxygens (including phenoxy) is 1. The van der Waals surface area contributed by atoms with Gasteiger partial charge in [0, 0.05) is 17.3 Å². The van der Waals surface area contributed by atoms with Crippen molar-refractivity contribution in [3.05, 3.63) is 24.3 Å². The minimum atomic E-state index is -0.376. The molecule has 0 bridgehead atoms. The Hall–Kier alpha value is -0.950. The van der Waals surface area contributed by atoms with E-state index in [-0.39, 0.29) is 36.6 Å². The predicted octanol–water partition coefficient (Wildman–Crippen LogP) is 2.39. The number of amides is 1. The molecule has 7 heteroatoms. The van der Waals surface area contributed by atoms with Gasteiger partial charge in [-0.05, 0) is 43.5 Å². The molecule has 3 unspecified atom stereocenters. The normalized spacial score (nSPS) is 27.1. The lowest BCUT2D eigenvalue weighted by Gasteiger charge is -2.28. The summed E-state index contributed by atoms with van der Waals surface area (Å²) in [7, 11) is 0. The summed E-state index contributed by atoms with van der Waals surface area (Å²) in [5.74, 6) is 2.38. The highest BCUT2D eigenvalue weighted by Crippen LogP contribution is 2.25. The number of carbonyl (C=O) groups excluding carboxylic acids is 1. The molecule has 128 valence electrons. The summed E-state index contributed by atoms with van der Waals surface area (Å²) < 4.78 is 5.85. The number of hydrogen-bond donors (Lipinski definition) is 3. The highest BCUT2D eigenvalue weighted by molar-refractivity contribution is 7.99. The molecule has 2 aliphatic rings. The monoisotopic (exact) mass is 358 g/mol. The average molecular weight is 359 g/mol. The van der Waals surface area contributed by atoms with Crippen LogP contribution in [0.2, 0.25) is 0 Å². The van der Waals surface area contributed by atoms with Crippen molar-refractivity contribution in [2.24, 2.45) is 0 Å². The van der Waals surface area contributed by atoms with Gasteiger partial charge in [0.1, 0.15) is 11.9 Å². The average Bonchev–Trinajstić information content (AvgIpc) is 3.06. The van der Waals surface area contributed by atoms with Crippen molar-refractivity contribution in [1.29, 1.82) is 0 Å². The topological polar surface area (TPSA) is 70.6 Å². The fourth-order valence-electron chi connectivity index (χ4n) is 2.80. The Labute approximate surface area is 147 Å². The fraction of sp³-hybridized carbons (Fsp3) is 0.562. The number of anilines is 1. The molecule has 2 fully saturated rings. The van der Waals surface area contributed by atoms with Gasteiger partial charge < -0.3 is 15.2 Å². The van der Waals surface area contributed by atoms with Crippen LogP contribution in [0.15, 0.2) is 24.3 Å². The Morgan fingerprint density at radius 1 is 1.26 bits per heavy atom. The van der Waals surface area contributed by atoms with E-state index in [0.29, 0.717) is 0 Å². The summed E-state index contributed by atoms with van der Waals surface area (Å²) in [5.41, 5.74) is 0.764. The van der Waals surface area contributed by atoms with E-state index in [1.807, 2.05) is 24.3 Å². The first-order chi connectivity index (χ1) is 10.7. The van der Waals surface area contributed by atoms with Gasteiger partial charge in [0.25, 0.3) is 0 Å². The van der Waals surface area contributed by atoms with Crippen LogP contribution in [0.25, 0.3) is 0 Å². The Morgan fingerprint density at radius 3 is 2.65 bits per heavy atom. The molecule has 23 heavy (non-hydrogen) atoms. The molecule has 1 aliphatic carbocycles. The standard InChI is InChI=1S/C16H22N2O3S.ClH/c19-14-3-1-2-4-15(14)21-12-7-5-11(6-8-12)18-16(20)13-9-22-10-17-13;/h5-8,13-15,17,19H,1-4,9-10H2,(H,18,20);1H. The molecular formula is C16H23ClN2O3S. The SMILES string of the molecule is Cl.O=C(Nc1ccc(OC2CCCCC2O)cc1)C1CSCN1. The van der Waals surface area contributed by atoms with Crippen molar-refractivity contribution in [1.82, 2.24) is 5.32 Å². The molecule has 0 spiro atoms. The lowest BCUT2D eigenvalue weighted by atomic mass is 9.95. The molecule has 3 rings (SSSR count). The van der Waals surface area contributed by atoms with Crippen molar-refractivity contribution in [2.75, 3.05) is 16.9 Å². The maximum atomic E-state index is 12.0. The van der Waals surface area contributed by atoms with E-state index < -0.39 is 0 Å². The molecule has 1 saturated carbocycles. The van der Waals surface area contributed by atoms with Crippen molar-refractivity contribution in [2.45, 2.75) is 43.9 Å². The smallest absolute Gasteiger partial charge is 0.242 e. The number of carbonyl (C=O) groups is 1. The highest BCUT2D eigenvalue weighted by atomic mass is 35.5. The van der Waals surface area contributed by atoms with Crippen LogP contribution < -0.4 is 15.4 Å². The lowest BCUT2D eigenvalue weighted by Crippen LogP contribution is -2.37. The predicted molar refractivity (Wildman–Crippen MR) is 95.5 cm³/mol. The zero-order valence-corrected chi connectivity index (χ0v) is 14.5. The van der Waals surface area contributed by atoms with E-state index >= 15 is 0 Å². The molecule has 1 amide bonds. The summed E-state index contributed by atoms with van der Waals surface area (Å²) in [6, 6.07) is 7.25. The van der Waals surface area contributed by atoms with Crippen LogP contribution in [-0.4, -0.2) is 40.9 Å². The third-order valence-electron chi connectivity index (χ3n) is 4.11. The highest BCUT2D eigenvalue weighted by Gasteiger charge is 2.25. The third-order valence-corrected chi connectivity index (χ3v) is 5.05. The van der Waals surface area contributed by atoms with Gasteiger partial charge in [0.05, 0.1) is 12.1 Å². The van der Waals surface area contributed by atoms with Gasteiger partial charge in [-0.25, -0.2) is 0 Å². The Kier molecular flexibility index (Phi) is 7.02. The maximum absolute atomic E-state index is 12.0. The van der Waals surface area contributed by atoms with Crippen LogP contribution in [0.3, 0.4) is 0 Å². The van der Waals surface area contributed by atoms with E-state index in [2.05, 4.69) is 10.6 Å². The zero-order chi connectivity index (χ0) is 15.4. The molecule has 1 aromatic carbocycles. The first kappa shape index (κ1) is 18.4. The Bertz CT molecular complexity index is 509. The second-order valence-electron chi connectivity index (χ2n) is 5.79. The first-order valence-corrected chi connectivity index (χ1v) is 8.94. The molecule has 1 aromatic rings. The molecule has 3 atom stereocenters. The van der Waals surface area contributed by atoms with Crippen LogP contribution in [0.1, 0.15) is 25.7 Å². The summed E-state index contributed by atoms with van der Waals surface area (Å²) in [4.78, 5) is 12.0. The lowest BCUT2D eigenvalue weighted by molar-refractivity contribution is -0.117. The van der Waals surface area contributed by atoms with Crippen LogP contribution in [0.4, 0.5) is 5.69 Å². The van der Waals surface area contributed by atoms with Gasteiger partial charge >= 0.3 is 0 Å². The number of benzene rings is 1. The molecule has 0 radical (unpaired) electrons. The van der Waals surface area contributed by atoms with Gasteiger partial charge in [-0.2, -0.15) is 0 Å². The fourth-order valence-corrected chi connectivity index (χ4v) is 3.74. The maximum Gasteiger partial charge on any atom is 0.242 e. The third kappa shape index (κ3) is 5.01. The number of thioether (sulfide) groups is 1. The van der Waals surface area contributed by atoms with Crippen LogP contribution in [0.5, 0.6) is 5.75 Å². The van der Waals surface area contributed by atoms with Gasteiger partial charge in [-0.3, -0.25) is 10.1 Å². The number of hydrogen-bond acceptors (Lipinski definition) is 5. The minimum Gasteiger partial charge on any atom is -0.488 e. The van der Waals surface area contributed by atoms with Gasteiger partial charge in [0.15, 0.2) is 0 Å². The summed E-state index contributed by atoms with van der Waals surface area (Å²) >= 11 is 1.73. The molecule has 1 saturated heterocycles. The minimum absolute atomic E-state index is 0. The molecule has 1 heterocycles. The zero-order valence-electron chi connectivity index (χ0n) is 12.9. The molecular weight excluding hydrogens is 336 g/mol. The summed E-state index contributed by atoms with van der Waals surface area (Å²) in [6.07, 6.45) is 3.38. The van der Waals surface area contributed by atoms with Crippen LogP contribution >= 0.6 is 24.2 Å². The van der Waals surface area contributed by atoms with E-state index in [1.54, 1.807) is 11.8 Å². The molecule has 0 aromatic heterocycles. The van der Waals surface area contributed by atoms with E-state index in [4.69, 9.17) is 4.74 Å². The number of nitrogens with one attached hydrogen (secondary N) is 2. The number of rotatable bonds is 4. The summed E-state index contributed by atoms with van der Waals surface area (Å²) in [5, 5.41) is 16.0.